The van der Waals surface area contributed by atoms with Crippen molar-refractivity contribution in [3.8, 4) is 0 Å². The molecule has 0 bridgehead atoms. The van der Waals surface area contributed by atoms with Crippen LogP contribution in [0.1, 0.15) is 0 Å². The largest absolute Gasteiger partial charge is 0.235 e. The van der Waals surface area contributed by atoms with E-state index in [9.17, 15) is 0 Å². The predicted octanol–water partition coefficient (Wildman–Crippen LogP) is 4.65. The van der Waals surface area contributed by atoms with E-state index < -0.39 is 7.92 Å². The third-order valence-corrected chi connectivity index (χ3v) is 6.62. The number of aromatic nitrogens is 1. The highest BCUT2D eigenvalue weighted by molar-refractivity contribution is 7.80. The van der Waals surface area contributed by atoms with Gasteiger partial charge < -0.3 is 0 Å². The molecule has 4 aromatic rings. The number of nitrogens with zero attached hydrogens (tertiary/aromatic N) is 1. The first kappa shape index (κ1) is 15.3. The zero-order valence-corrected chi connectivity index (χ0v) is 14.6. The third-order valence-electron chi connectivity index (χ3n) is 3.93. The van der Waals surface area contributed by atoms with Gasteiger partial charge in [-0.05, 0) is 30.7 Å². The van der Waals surface area contributed by atoms with Gasteiger partial charge in [0, 0.05) is 10.7 Å². The molecule has 0 fully saturated rings. The van der Waals surface area contributed by atoms with Crippen LogP contribution in [0.2, 0.25) is 5.15 Å². The summed E-state index contributed by atoms with van der Waals surface area (Å²) in [5, 5.41) is 5.52. The van der Waals surface area contributed by atoms with Crippen LogP contribution in [-0.4, -0.2) is 4.98 Å². The molecule has 0 saturated carbocycles. The molecule has 0 aliphatic heterocycles. The smallest absolute Gasteiger partial charge is 0.129 e. The Kier molecular flexibility index (Phi) is 4.30. The topological polar surface area (TPSA) is 12.9 Å². The fourth-order valence-electron chi connectivity index (χ4n) is 2.87. The monoisotopic (exact) mass is 347 g/mol. The van der Waals surface area contributed by atoms with Crippen LogP contribution in [0.15, 0.2) is 91.0 Å². The molecule has 3 heteroatoms. The molecule has 0 aliphatic carbocycles. The van der Waals surface area contributed by atoms with Gasteiger partial charge in [-0.25, -0.2) is 4.98 Å². The fourth-order valence-corrected chi connectivity index (χ4v) is 5.44. The second kappa shape index (κ2) is 6.73. The second-order valence-corrected chi connectivity index (χ2v) is 8.06. The lowest BCUT2D eigenvalue weighted by Gasteiger charge is -2.20. The lowest BCUT2D eigenvalue weighted by molar-refractivity contribution is 1.42. The minimum absolute atomic E-state index is 0.533. The molecule has 116 valence electrons. The van der Waals surface area contributed by atoms with Crippen molar-refractivity contribution in [3.05, 3.63) is 96.1 Å². The number of hydrogen-bond donors (Lipinski definition) is 0. The molecule has 3 aromatic carbocycles. The third kappa shape index (κ3) is 2.94. The molecule has 0 amide bonds. The maximum Gasteiger partial charge on any atom is 0.129 e. The molecule has 0 spiro atoms. The van der Waals surface area contributed by atoms with Gasteiger partial charge >= 0.3 is 0 Å². The maximum absolute atomic E-state index is 6.18. The van der Waals surface area contributed by atoms with Crippen molar-refractivity contribution in [3.63, 3.8) is 0 Å². The Bertz CT molecular complexity index is 931. The van der Waals surface area contributed by atoms with E-state index in [1.54, 1.807) is 0 Å². The van der Waals surface area contributed by atoms with Gasteiger partial charge in [0.2, 0.25) is 0 Å². The Balaban J connectivity index is 2.00. The predicted molar refractivity (Wildman–Crippen MR) is 105 cm³/mol. The highest BCUT2D eigenvalue weighted by Gasteiger charge is 2.19. The van der Waals surface area contributed by atoms with E-state index in [0.717, 1.165) is 10.9 Å². The zero-order valence-electron chi connectivity index (χ0n) is 12.9. The summed E-state index contributed by atoms with van der Waals surface area (Å²) >= 11 is 6.18. The fraction of sp³-hybridized carbons (Fsp3) is 0. The van der Waals surface area contributed by atoms with E-state index >= 15 is 0 Å². The van der Waals surface area contributed by atoms with Crippen molar-refractivity contribution in [1.82, 2.24) is 4.98 Å². The molecule has 24 heavy (non-hydrogen) atoms. The molecular weight excluding hydrogens is 333 g/mol. The second-order valence-electron chi connectivity index (χ2n) is 5.49. The molecule has 0 radical (unpaired) electrons. The van der Waals surface area contributed by atoms with Gasteiger partial charge in [-0.1, -0.05) is 90.5 Å². The van der Waals surface area contributed by atoms with Crippen LogP contribution in [0.5, 0.6) is 0 Å². The lowest BCUT2D eigenvalue weighted by Crippen LogP contribution is -2.21. The standard InChI is InChI=1S/C21H15ClNP/c22-20-15-14-16-8-7-13-19(21(16)23-20)24(17-9-3-1-4-10-17)18-11-5-2-6-12-18/h1-15H. The van der Waals surface area contributed by atoms with Crippen LogP contribution in [-0.2, 0) is 0 Å². The Morgan fingerprint density at radius 3 is 1.88 bits per heavy atom. The Morgan fingerprint density at radius 2 is 1.25 bits per heavy atom. The highest BCUT2D eigenvalue weighted by Crippen LogP contribution is 2.35. The van der Waals surface area contributed by atoms with E-state index in [1.807, 2.05) is 12.1 Å². The minimum atomic E-state index is -0.679. The summed E-state index contributed by atoms with van der Waals surface area (Å²) < 4.78 is 0. The molecule has 1 aromatic heterocycles. The summed E-state index contributed by atoms with van der Waals surface area (Å²) in [7, 11) is -0.679. The lowest BCUT2D eigenvalue weighted by atomic mass is 10.2. The molecule has 0 unspecified atom stereocenters. The number of halogens is 1. The quantitative estimate of drug-likeness (QED) is 0.388. The van der Waals surface area contributed by atoms with Gasteiger partial charge in [0.1, 0.15) is 5.15 Å². The number of rotatable bonds is 3. The summed E-state index contributed by atoms with van der Waals surface area (Å²) in [6, 6.07) is 31.5. The first-order chi connectivity index (χ1) is 11.8. The Morgan fingerprint density at radius 1 is 0.625 bits per heavy atom. The summed E-state index contributed by atoms with van der Waals surface area (Å²) in [4.78, 5) is 4.63. The maximum atomic E-state index is 6.18. The summed E-state index contributed by atoms with van der Waals surface area (Å²) in [5.74, 6) is 0. The Labute approximate surface area is 147 Å². The number of pyridine rings is 1. The van der Waals surface area contributed by atoms with E-state index in [-0.39, 0.29) is 0 Å². The van der Waals surface area contributed by atoms with Crippen molar-refractivity contribution < 1.29 is 0 Å². The van der Waals surface area contributed by atoms with Gasteiger partial charge in [-0.15, -0.1) is 0 Å². The minimum Gasteiger partial charge on any atom is -0.235 e. The molecule has 4 rings (SSSR count). The van der Waals surface area contributed by atoms with Gasteiger partial charge in [-0.2, -0.15) is 0 Å². The van der Waals surface area contributed by atoms with Gasteiger partial charge in [-0.3, -0.25) is 0 Å². The van der Waals surface area contributed by atoms with Crippen LogP contribution in [0.3, 0.4) is 0 Å². The molecule has 0 N–H and O–H groups in total. The average Bonchev–Trinajstić information content (AvgIpc) is 2.64. The van der Waals surface area contributed by atoms with Crippen molar-refractivity contribution in [2.45, 2.75) is 0 Å². The summed E-state index contributed by atoms with van der Waals surface area (Å²) in [6.45, 7) is 0. The number of hydrogen-bond acceptors (Lipinski definition) is 1. The van der Waals surface area contributed by atoms with Crippen LogP contribution in [0.25, 0.3) is 10.9 Å². The van der Waals surface area contributed by atoms with Crippen molar-refractivity contribution in [2.24, 2.45) is 0 Å². The molecular formula is C21H15ClNP. The number of benzene rings is 3. The summed E-state index contributed by atoms with van der Waals surface area (Å²) in [5.41, 5.74) is 0.990. The van der Waals surface area contributed by atoms with Crippen LogP contribution < -0.4 is 15.9 Å². The summed E-state index contributed by atoms with van der Waals surface area (Å²) in [6.07, 6.45) is 0. The van der Waals surface area contributed by atoms with Crippen molar-refractivity contribution in [2.75, 3.05) is 0 Å². The van der Waals surface area contributed by atoms with Crippen molar-refractivity contribution in [1.29, 1.82) is 0 Å². The van der Waals surface area contributed by atoms with Crippen LogP contribution >= 0.6 is 19.5 Å². The van der Waals surface area contributed by atoms with E-state index in [1.165, 1.54) is 15.9 Å². The average molecular weight is 348 g/mol. The molecule has 1 heterocycles. The van der Waals surface area contributed by atoms with Gasteiger partial charge in [0.05, 0.1) is 5.52 Å². The first-order valence-corrected chi connectivity index (χ1v) is 9.50. The molecule has 0 saturated heterocycles. The number of para-hydroxylation sites is 1. The molecule has 0 aliphatic rings. The normalized spacial score (nSPS) is 11.1. The van der Waals surface area contributed by atoms with Crippen LogP contribution in [0, 0.1) is 0 Å². The highest BCUT2D eigenvalue weighted by atomic mass is 35.5. The molecule has 1 nitrogen and oxygen atoms in total. The van der Waals surface area contributed by atoms with Crippen molar-refractivity contribution >= 4 is 46.3 Å². The SMILES string of the molecule is Clc1ccc2cccc(P(c3ccccc3)c3ccccc3)c2n1. The Hall–Kier alpha value is -2.21. The first-order valence-electron chi connectivity index (χ1n) is 7.78. The number of fused-ring (bicyclic) bond motifs is 1. The van der Waals surface area contributed by atoms with E-state index in [4.69, 9.17) is 11.6 Å². The van der Waals surface area contributed by atoms with Crippen LogP contribution in [0.4, 0.5) is 0 Å². The zero-order chi connectivity index (χ0) is 16.4. The van der Waals surface area contributed by atoms with E-state index in [0.29, 0.717) is 5.15 Å². The molecule has 0 atom stereocenters. The van der Waals surface area contributed by atoms with Gasteiger partial charge in [0.15, 0.2) is 0 Å². The van der Waals surface area contributed by atoms with E-state index in [2.05, 4.69) is 83.8 Å². The van der Waals surface area contributed by atoms with Gasteiger partial charge in [0.25, 0.3) is 0 Å².